The predicted octanol–water partition coefficient (Wildman–Crippen LogP) is 1.59. The predicted molar refractivity (Wildman–Crippen MR) is 62.3 cm³/mol. The zero-order valence-electron chi connectivity index (χ0n) is 8.90. The van der Waals surface area contributed by atoms with E-state index in [0.717, 1.165) is 16.5 Å². The summed E-state index contributed by atoms with van der Waals surface area (Å²) in [5.74, 6) is 6.07. The second-order valence-electron chi connectivity index (χ2n) is 3.22. The zero-order valence-corrected chi connectivity index (χ0v) is 8.90. The maximum atomic E-state index is 8.61. The van der Waals surface area contributed by atoms with Gasteiger partial charge >= 0.3 is 0 Å². The van der Waals surface area contributed by atoms with E-state index in [0.29, 0.717) is 5.88 Å². The highest BCUT2D eigenvalue weighted by Gasteiger charge is 1.98. The fraction of sp³-hybridized carbons (Fsp3) is 0.154. The van der Waals surface area contributed by atoms with Crippen molar-refractivity contribution >= 4 is 10.9 Å². The quantitative estimate of drug-likeness (QED) is 0.731. The van der Waals surface area contributed by atoms with Gasteiger partial charge in [0.25, 0.3) is 0 Å². The van der Waals surface area contributed by atoms with Crippen LogP contribution in [0.1, 0.15) is 5.56 Å². The summed E-state index contributed by atoms with van der Waals surface area (Å²) in [4.78, 5) is 4.30. The first-order chi connectivity index (χ1) is 7.83. The second kappa shape index (κ2) is 4.65. The molecule has 1 aromatic heterocycles. The monoisotopic (exact) mass is 213 g/mol. The molecule has 0 saturated carbocycles. The molecule has 3 nitrogen and oxygen atoms in total. The number of hydrogen-bond donors (Lipinski definition) is 1. The van der Waals surface area contributed by atoms with Crippen molar-refractivity contribution < 1.29 is 9.84 Å². The first kappa shape index (κ1) is 10.5. The number of methoxy groups -OCH3 is 1. The van der Waals surface area contributed by atoms with E-state index in [1.165, 1.54) is 0 Å². The first-order valence-corrected chi connectivity index (χ1v) is 4.88. The molecule has 3 heteroatoms. The maximum Gasteiger partial charge on any atom is 0.213 e. The van der Waals surface area contributed by atoms with Crippen molar-refractivity contribution in [3.8, 4) is 17.7 Å². The van der Waals surface area contributed by atoms with Gasteiger partial charge in [0, 0.05) is 17.0 Å². The molecule has 0 amide bonds. The van der Waals surface area contributed by atoms with Gasteiger partial charge in [-0.05, 0) is 24.3 Å². The Morgan fingerprint density at radius 1 is 1.31 bits per heavy atom. The van der Waals surface area contributed by atoms with Crippen LogP contribution in [-0.4, -0.2) is 23.8 Å². The van der Waals surface area contributed by atoms with Gasteiger partial charge in [-0.3, -0.25) is 0 Å². The van der Waals surface area contributed by atoms with E-state index in [1.807, 2.05) is 30.3 Å². The van der Waals surface area contributed by atoms with Gasteiger partial charge in [0.05, 0.1) is 12.6 Å². The van der Waals surface area contributed by atoms with Crippen LogP contribution in [0.5, 0.6) is 5.88 Å². The summed E-state index contributed by atoms with van der Waals surface area (Å²) in [5.41, 5.74) is 1.74. The number of ether oxygens (including phenoxy) is 1. The number of rotatable bonds is 1. The fourth-order valence-electron chi connectivity index (χ4n) is 1.44. The van der Waals surface area contributed by atoms with Gasteiger partial charge in [0.2, 0.25) is 5.88 Å². The Hall–Kier alpha value is -2.05. The zero-order chi connectivity index (χ0) is 11.4. The smallest absolute Gasteiger partial charge is 0.213 e. The molecule has 16 heavy (non-hydrogen) atoms. The second-order valence-corrected chi connectivity index (χ2v) is 3.22. The molecule has 0 aliphatic rings. The Balaban J connectivity index is 2.47. The lowest BCUT2D eigenvalue weighted by Crippen LogP contribution is -1.88. The van der Waals surface area contributed by atoms with Crippen LogP contribution in [0.4, 0.5) is 0 Å². The molecule has 0 unspecified atom stereocenters. The molecule has 1 heterocycles. The lowest BCUT2D eigenvalue weighted by atomic mass is 10.1. The Morgan fingerprint density at radius 2 is 2.19 bits per heavy atom. The van der Waals surface area contributed by atoms with Crippen LogP contribution in [0, 0.1) is 11.8 Å². The number of hydrogen-bond acceptors (Lipinski definition) is 3. The lowest BCUT2D eigenvalue weighted by Gasteiger charge is -2.01. The summed E-state index contributed by atoms with van der Waals surface area (Å²) in [6.07, 6.45) is 0. The van der Waals surface area contributed by atoms with Gasteiger partial charge < -0.3 is 9.84 Å². The topological polar surface area (TPSA) is 42.4 Å². The van der Waals surface area contributed by atoms with E-state index in [2.05, 4.69) is 16.8 Å². The highest BCUT2D eigenvalue weighted by Crippen LogP contribution is 2.17. The van der Waals surface area contributed by atoms with Crippen molar-refractivity contribution in [2.45, 2.75) is 0 Å². The standard InChI is InChI=1S/C13H11NO2/c1-16-13-7-5-11-9-10(3-2-8-15)4-6-12(11)14-13/h4-7,9,15H,8H2,1H3. The molecule has 0 bridgehead atoms. The van der Waals surface area contributed by atoms with Crippen LogP contribution in [-0.2, 0) is 0 Å². The third-order valence-corrected chi connectivity index (χ3v) is 2.18. The molecule has 1 aromatic carbocycles. The molecule has 2 rings (SSSR count). The molecule has 2 aromatic rings. The van der Waals surface area contributed by atoms with Crippen LogP contribution in [0.2, 0.25) is 0 Å². The van der Waals surface area contributed by atoms with Crippen LogP contribution in [0.25, 0.3) is 10.9 Å². The van der Waals surface area contributed by atoms with Crippen molar-refractivity contribution in [2.75, 3.05) is 13.7 Å². The summed E-state index contributed by atoms with van der Waals surface area (Å²) in [5, 5.41) is 9.61. The molecule has 0 fully saturated rings. The van der Waals surface area contributed by atoms with Gasteiger partial charge in [0.1, 0.15) is 6.61 Å². The van der Waals surface area contributed by atoms with Crippen molar-refractivity contribution in [1.29, 1.82) is 0 Å². The Bertz CT molecular complexity index is 567. The number of benzene rings is 1. The van der Waals surface area contributed by atoms with Crippen molar-refractivity contribution in [3.05, 3.63) is 35.9 Å². The van der Waals surface area contributed by atoms with Gasteiger partial charge in [-0.15, -0.1) is 0 Å². The Labute approximate surface area is 93.7 Å². The van der Waals surface area contributed by atoms with Crippen molar-refractivity contribution in [2.24, 2.45) is 0 Å². The van der Waals surface area contributed by atoms with E-state index in [9.17, 15) is 0 Å². The maximum absolute atomic E-state index is 8.61. The third-order valence-electron chi connectivity index (χ3n) is 2.18. The van der Waals surface area contributed by atoms with E-state index in [4.69, 9.17) is 9.84 Å². The van der Waals surface area contributed by atoms with Crippen molar-refractivity contribution in [1.82, 2.24) is 4.98 Å². The normalized spacial score (nSPS) is 9.62. The van der Waals surface area contributed by atoms with Crippen LogP contribution < -0.4 is 4.74 Å². The largest absolute Gasteiger partial charge is 0.481 e. The van der Waals surface area contributed by atoms with Crippen LogP contribution in [0.3, 0.4) is 0 Å². The van der Waals surface area contributed by atoms with Gasteiger partial charge in [-0.2, -0.15) is 0 Å². The summed E-state index contributed by atoms with van der Waals surface area (Å²) in [6, 6.07) is 9.44. The molecular formula is C13H11NO2. The fourth-order valence-corrected chi connectivity index (χ4v) is 1.44. The van der Waals surface area contributed by atoms with Gasteiger partial charge in [0.15, 0.2) is 0 Å². The number of pyridine rings is 1. The SMILES string of the molecule is COc1ccc2cc(C#CCO)ccc2n1. The number of aliphatic hydroxyl groups excluding tert-OH is 1. The van der Waals surface area contributed by atoms with Crippen LogP contribution >= 0.6 is 0 Å². The Kier molecular flexibility index (Phi) is 3.04. The lowest BCUT2D eigenvalue weighted by molar-refractivity contribution is 0.350. The number of fused-ring (bicyclic) bond motifs is 1. The summed E-state index contributed by atoms with van der Waals surface area (Å²) < 4.78 is 5.05. The summed E-state index contributed by atoms with van der Waals surface area (Å²) >= 11 is 0. The van der Waals surface area contributed by atoms with Gasteiger partial charge in [-0.25, -0.2) is 4.98 Å². The molecule has 1 N–H and O–H groups in total. The minimum Gasteiger partial charge on any atom is -0.481 e. The van der Waals surface area contributed by atoms with Crippen molar-refractivity contribution in [3.63, 3.8) is 0 Å². The Morgan fingerprint density at radius 3 is 2.94 bits per heavy atom. The highest BCUT2D eigenvalue weighted by atomic mass is 16.5. The average molecular weight is 213 g/mol. The van der Waals surface area contributed by atoms with E-state index < -0.39 is 0 Å². The average Bonchev–Trinajstić information content (AvgIpc) is 2.35. The molecule has 0 atom stereocenters. The summed E-state index contributed by atoms with van der Waals surface area (Å²) in [7, 11) is 1.59. The molecule has 0 aliphatic heterocycles. The van der Waals surface area contributed by atoms with Crippen LogP contribution in [0.15, 0.2) is 30.3 Å². The molecule has 0 saturated heterocycles. The molecule has 0 radical (unpaired) electrons. The molecule has 0 spiro atoms. The van der Waals surface area contributed by atoms with E-state index >= 15 is 0 Å². The first-order valence-electron chi connectivity index (χ1n) is 4.88. The van der Waals surface area contributed by atoms with Gasteiger partial charge in [-0.1, -0.05) is 11.8 Å². The minimum absolute atomic E-state index is 0.126. The third kappa shape index (κ3) is 2.13. The van der Waals surface area contributed by atoms with E-state index in [-0.39, 0.29) is 6.61 Å². The number of nitrogens with zero attached hydrogens (tertiary/aromatic N) is 1. The van der Waals surface area contributed by atoms with E-state index in [1.54, 1.807) is 7.11 Å². The number of aliphatic hydroxyl groups is 1. The molecular weight excluding hydrogens is 202 g/mol. The molecule has 80 valence electrons. The minimum atomic E-state index is -0.126. The number of aromatic nitrogens is 1. The highest BCUT2D eigenvalue weighted by molar-refractivity contribution is 5.80. The summed E-state index contributed by atoms with van der Waals surface area (Å²) in [6.45, 7) is -0.126. The molecule has 0 aliphatic carbocycles.